The first-order valence-corrected chi connectivity index (χ1v) is 17.5. The average Bonchev–Trinajstić information content (AvgIpc) is 3.69. The molecule has 0 aliphatic carbocycles. The molecule has 36 heavy (non-hydrogen) atoms. The molecule has 0 amide bonds. The molecule has 0 radical (unpaired) electrons. The van der Waals surface area contributed by atoms with E-state index in [9.17, 15) is 0 Å². The van der Waals surface area contributed by atoms with Crippen molar-refractivity contribution in [1.29, 1.82) is 0 Å². The predicted molar refractivity (Wildman–Crippen MR) is 168 cm³/mol. The van der Waals surface area contributed by atoms with Gasteiger partial charge < -0.3 is 0 Å². The Balaban J connectivity index is 1.57. The van der Waals surface area contributed by atoms with Gasteiger partial charge in [0.05, 0.1) is 0 Å². The highest BCUT2D eigenvalue weighted by Crippen LogP contribution is 2.47. The topological polar surface area (TPSA) is 0 Å². The second-order valence-electron chi connectivity index (χ2n) is 9.92. The lowest BCUT2D eigenvalue weighted by Crippen LogP contribution is -1.89. The number of unbranched alkanes of at least 4 members (excludes halogenated alkanes) is 10. The molecule has 0 aliphatic heterocycles. The molecular weight excluding hydrogens is 513 g/mol. The zero-order valence-electron chi connectivity index (χ0n) is 22.2. The lowest BCUT2D eigenvalue weighted by molar-refractivity contribution is 0.607. The van der Waals surface area contributed by atoms with E-state index in [1.54, 1.807) is 20.9 Å². The van der Waals surface area contributed by atoms with Crippen LogP contribution in [0.15, 0.2) is 47.2 Å². The standard InChI is InChI=1S/C32H42S4/c1-3-5-7-9-11-13-17-25-23-29(27-19-15-21-33-27)35-31(25)32-26(18-14-12-10-8-6-4-2)24-30(36-32)28-20-16-22-34-28/h15-16,19-24H,3-14,17-18H2,1-2H3. The van der Waals surface area contributed by atoms with E-state index in [4.69, 9.17) is 0 Å². The minimum absolute atomic E-state index is 1.21. The Kier molecular flexibility index (Phi) is 11.8. The van der Waals surface area contributed by atoms with E-state index in [1.807, 2.05) is 45.3 Å². The van der Waals surface area contributed by atoms with Crippen LogP contribution in [0.5, 0.6) is 0 Å². The number of rotatable bonds is 17. The molecule has 4 rings (SSSR count). The SMILES string of the molecule is CCCCCCCCc1cc(-c2cccs2)sc1-c1sc(-c2cccs2)cc1CCCCCCCC. The van der Waals surface area contributed by atoms with Crippen molar-refractivity contribution in [1.82, 2.24) is 0 Å². The summed E-state index contributed by atoms with van der Waals surface area (Å²) in [5.74, 6) is 0. The summed E-state index contributed by atoms with van der Waals surface area (Å²) in [6, 6.07) is 14.0. The predicted octanol–water partition coefficient (Wildman–Crippen LogP) is 12.7. The second kappa shape index (κ2) is 15.3. The Labute approximate surface area is 235 Å². The van der Waals surface area contributed by atoms with Gasteiger partial charge in [-0.1, -0.05) is 90.2 Å². The number of hydrogen-bond acceptors (Lipinski definition) is 4. The molecule has 4 heterocycles. The first-order valence-electron chi connectivity index (χ1n) is 14.1. The molecule has 0 N–H and O–H groups in total. The molecule has 0 saturated heterocycles. The average molecular weight is 555 g/mol. The van der Waals surface area contributed by atoms with E-state index in [2.05, 4.69) is 61.0 Å². The van der Waals surface area contributed by atoms with Crippen molar-refractivity contribution >= 4 is 45.3 Å². The van der Waals surface area contributed by atoms with E-state index in [0.29, 0.717) is 0 Å². The molecule has 4 aromatic heterocycles. The summed E-state index contributed by atoms with van der Waals surface area (Å²) in [7, 11) is 0. The molecule has 4 heteroatoms. The van der Waals surface area contributed by atoms with Gasteiger partial charge in [-0.25, -0.2) is 0 Å². The summed E-state index contributed by atoms with van der Waals surface area (Å²) in [6.07, 6.45) is 18.7. The summed E-state index contributed by atoms with van der Waals surface area (Å²) in [6.45, 7) is 4.61. The summed E-state index contributed by atoms with van der Waals surface area (Å²) in [4.78, 5) is 8.86. The lowest BCUT2D eigenvalue weighted by atomic mass is 10.0. The van der Waals surface area contributed by atoms with Gasteiger partial charge in [-0.3, -0.25) is 0 Å². The Morgan fingerprint density at radius 2 is 0.917 bits per heavy atom. The first-order chi connectivity index (χ1) is 17.8. The molecule has 4 aromatic rings. The zero-order chi connectivity index (χ0) is 25.0. The zero-order valence-corrected chi connectivity index (χ0v) is 25.4. The van der Waals surface area contributed by atoms with Gasteiger partial charge in [0.2, 0.25) is 0 Å². The number of aryl methyl sites for hydroxylation is 2. The fourth-order valence-electron chi connectivity index (χ4n) is 4.89. The lowest BCUT2D eigenvalue weighted by Gasteiger charge is -2.06. The second-order valence-corrected chi connectivity index (χ2v) is 13.9. The Bertz CT molecular complexity index is 1020. The van der Waals surface area contributed by atoms with Crippen molar-refractivity contribution in [2.75, 3.05) is 0 Å². The Morgan fingerprint density at radius 3 is 1.31 bits per heavy atom. The van der Waals surface area contributed by atoms with E-state index >= 15 is 0 Å². The van der Waals surface area contributed by atoms with Crippen LogP contribution >= 0.6 is 45.3 Å². The van der Waals surface area contributed by atoms with Crippen LogP contribution in [0.3, 0.4) is 0 Å². The molecule has 0 saturated carbocycles. The Morgan fingerprint density at radius 1 is 0.500 bits per heavy atom. The summed E-state index contributed by atoms with van der Waals surface area (Å²) in [5.41, 5.74) is 3.17. The largest absolute Gasteiger partial charge is 0.143 e. The van der Waals surface area contributed by atoms with Crippen LogP contribution < -0.4 is 0 Å². The highest BCUT2D eigenvalue weighted by atomic mass is 32.1. The number of hydrogen-bond donors (Lipinski definition) is 0. The fraction of sp³-hybridized carbons (Fsp3) is 0.500. The van der Waals surface area contributed by atoms with Crippen molar-refractivity contribution < 1.29 is 0 Å². The molecule has 0 nitrogen and oxygen atoms in total. The van der Waals surface area contributed by atoms with Crippen LogP contribution in [-0.4, -0.2) is 0 Å². The van der Waals surface area contributed by atoms with E-state index in [0.717, 1.165) is 0 Å². The maximum atomic E-state index is 2.52. The van der Waals surface area contributed by atoms with Gasteiger partial charge in [0.15, 0.2) is 0 Å². The van der Waals surface area contributed by atoms with Crippen LogP contribution in [-0.2, 0) is 12.8 Å². The molecule has 0 aliphatic rings. The first kappa shape index (κ1) is 27.8. The smallest absolute Gasteiger partial charge is 0.0484 e. The molecule has 0 fully saturated rings. The van der Waals surface area contributed by atoms with Gasteiger partial charge in [-0.2, -0.15) is 0 Å². The molecule has 0 unspecified atom stereocenters. The molecular formula is C32H42S4. The maximum absolute atomic E-state index is 2.52. The van der Waals surface area contributed by atoms with Crippen LogP contribution in [0.1, 0.15) is 102 Å². The third-order valence-corrected chi connectivity index (χ3v) is 11.6. The van der Waals surface area contributed by atoms with E-state index < -0.39 is 0 Å². The van der Waals surface area contributed by atoms with Gasteiger partial charge in [0.1, 0.15) is 0 Å². The van der Waals surface area contributed by atoms with Crippen molar-refractivity contribution in [3.8, 4) is 29.3 Å². The normalized spacial score (nSPS) is 11.5. The molecule has 194 valence electrons. The molecule has 0 bridgehead atoms. The Hall–Kier alpha value is -1.20. The van der Waals surface area contributed by atoms with Crippen molar-refractivity contribution in [3.63, 3.8) is 0 Å². The van der Waals surface area contributed by atoms with Crippen LogP contribution in [0.4, 0.5) is 0 Å². The van der Waals surface area contributed by atoms with Crippen molar-refractivity contribution in [2.24, 2.45) is 0 Å². The fourth-order valence-corrected chi connectivity index (χ4v) is 9.16. The van der Waals surface area contributed by atoms with Gasteiger partial charge >= 0.3 is 0 Å². The van der Waals surface area contributed by atoms with Gasteiger partial charge in [0.25, 0.3) is 0 Å². The van der Waals surface area contributed by atoms with Crippen molar-refractivity contribution in [3.05, 3.63) is 58.3 Å². The molecule has 0 aromatic carbocycles. The third kappa shape index (κ3) is 7.90. The van der Waals surface area contributed by atoms with Gasteiger partial charge in [0, 0.05) is 29.3 Å². The third-order valence-electron chi connectivity index (χ3n) is 6.95. The van der Waals surface area contributed by atoms with Crippen LogP contribution in [0.2, 0.25) is 0 Å². The summed E-state index contributed by atoms with van der Waals surface area (Å²) in [5, 5.41) is 4.43. The van der Waals surface area contributed by atoms with Crippen LogP contribution in [0, 0.1) is 0 Å². The van der Waals surface area contributed by atoms with Crippen molar-refractivity contribution in [2.45, 2.75) is 104 Å². The maximum Gasteiger partial charge on any atom is 0.0484 e. The van der Waals surface area contributed by atoms with Crippen LogP contribution in [0.25, 0.3) is 29.3 Å². The molecule has 0 atom stereocenters. The molecule has 0 spiro atoms. The van der Waals surface area contributed by atoms with Gasteiger partial charge in [-0.15, -0.1) is 45.3 Å². The highest BCUT2D eigenvalue weighted by Gasteiger charge is 2.19. The monoisotopic (exact) mass is 554 g/mol. The van der Waals surface area contributed by atoms with E-state index in [-0.39, 0.29) is 0 Å². The summed E-state index contributed by atoms with van der Waals surface area (Å²) >= 11 is 7.84. The minimum Gasteiger partial charge on any atom is -0.143 e. The quantitative estimate of drug-likeness (QED) is 0.114. The number of thiophene rings is 4. The van der Waals surface area contributed by atoms with Gasteiger partial charge in [-0.05, 0) is 71.8 Å². The minimum atomic E-state index is 1.21. The summed E-state index contributed by atoms with van der Waals surface area (Å²) < 4.78 is 0. The highest BCUT2D eigenvalue weighted by molar-refractivity contribution is 7.28. The van der Waals surface area contributed by atoms with E-state index in [1.165, 1.54) is 109 Å².